The number of aromatic nitrogens is 1. The first-order valence-corrected chi connectivity index (χ1v) is 7.07. The van der Waals surface area contributed by atoms with Gasteiger partial charge < -0.3 is 14.6 Å². The molecule has 0 N–H and O–H groups in total. The van der Waals surface area contributed by atoms with E-state index in [-0.39, 0.29) is 4.65 Å². The summed E-state index contributed by atoms with van der Waals surface area (Å²) in [5.74, 6) is 0. The van der Waals surface area contributed by atoms with E-state index in [9.17, 15) is 5.21 Å². The Bertz CT molecular complexity index is 511. The van der Waals surface area contributed by atoms with Crippen molar-refractivity contribution in [2.24, 2.45) is 0 Å². The fourth-order valence-corrected chi connectivity index (χ4v) is 2.18. The van der Waals surface area contributed by atoms with Crippen LogP contribution in [0, 0.1) is 5.21 Å². The van der Waals surface area contributed by atoms with Crippen molar-refractivity contribution in [1.29, 1.82) is 0 Å². The Kier molecular flexibility index (Phi) is 4.73. The lowest BCUT2D eigenvalue weighted by atomic mass is 9.91. The molecule has 0 bridgehead atoms. The first-order valence-electron chi connectivity index (χ1n) is 7.07. The Morgan fingerprint density at radius 2 is 1.76 bits per heavy atom. The molecule has 0 spiro atoms. The molecule has 1 heterocycles. The quantitative estimate of drug-likeness (QED) is 0.606. The van der Waals surface area contributed by atoms with Gasteiger partial charge in [-0.25, -0.2) is 0 Å². The van der Waals surface area contributed by atoms with Crippen molar-refractivity contribution in [3.05, 3.63) is 71.2 Å². The summed E-state index contributed by atoms with van der Waals surface area (Å²) in [4.78, 5) is 4.43. The minimum absolute atomic E-state index is 0.368. The lowest BCUT2D eigenvalue weighted by Crippen LogP contribution is -2.38. The van der Waals surface area contributed by atoms with Crippen LogP contribution in [0.2, 0.25) is 0 Å². The number of benzene rings is 1. The van der Waals surface area contributed by atoms with Gasteiger partial charge in [0.2, 0.25) is 0 Å². The number of quaternary nitrogens is 1. The van der Waals surface area contributed by atoms with E-state index in [4.69, 9.17) is 4.74 Å². The lowest BCUT2D eigenvalue weighted by molar-refractivity contribution is -0.840. The van der Waals surface area contributed by atoms with E-state index in [0.29, 0.717) is 13.2 Å². The first-order chi connectivity index (χ1) is 9.92. The van der Waals surface area contributed by atoms with E-state index in [2.05, 4.69) is 4.98 Å². The number of hydroxylamine groups is 3. The molecule has 2 rings (SSSR count). The zero-order valence-electron chi connectivity index (χ0n) is 12.8. The molecule has 21 heavy (non-hydrogen) atoms. The Hall–Kier alpha value is -1.75. The number of nitrogens with zero attached hydrogens (tertiary/aromatic N) is 2. The van der Waals surface area contributed by atoms with Gasteiger partial charge in [-0.2, -0.15) is 0 Å². The van der Waals surface area contributed by atoms with Crippen LogP contribution in [0.1, 0.15) is 18.2 Å². The molecular formula is C17H22N2O2. The highest BCUT2D eigenvalue weighted by Crippen LogP contribution is 2.31. The van der Waals surface area contributed by atoms with Gasteiger partial charge in [0.15, 0.2) is 0 Å². The van der Waals surface area contributed by atoms with Gasteiger partial charge in [0.05, 0.1) is 26.4 Å². The van der Waals surface area contributed by atoms with Crippen LogP contribution < -0.4 is 0 Å². The summed E-state index contributed by atoms with van der Waals surface area (Å²) in [5.41, 5.74) is 1.21. The summed E-state index contributed by atoms with van der Waals surface area (Å²) in [6, 6.07) is 15.7. The monoisotopic (exact) mass is 286 g/mol. The zero-order chi connectivity index (χ0) is 15.3. The average Bonchev–Trinajstić information content (AvgIpc) is 2.47. The Morgan fingerprint density at radius 1 is 1.10 bits per heavy atom. The summed E-state index contributed by atoms with van der Waals surface area (Å²) < 4.78 is 5.73. The average molecular weight is 286 g/mol. The van der Waals surface area contributed by atoms with Crippen molar-refractivity contribution >= 4 is 0 Å². The lowest BCUT2D eigenvalue weighted by Gasteiger charge is -2.36. The van der Waals surface area contributed by atoms with Crippen LogP contribution >= 0.6 is 0 Å². The van der Waals surface area contributed by atoms with Gasteiger partial charge in [0.25, 0.3) is 0 Å². The summed E-state index contributed by atoms with van der Waals surface area (Å²) in [6.07, 6.45) is 1.76. The molecule has 2 aromatic rings. The molecule has 0 saturated heterocycles. The topological polar surface area (TPSA) is 45.2 Å². The number of hydrogen-bond acceptors (Lipinski definition) is 3. The Labute approximate surface area is 126 Å². The third kappa shape index (κ3) is 4.11. The van der Waals surface area contributed by atoms with Crippen LogP contribution in [0.3, 0.4) is 0 Å². The van der Waals surface area contributed by atoms with Gasteiger partial charge in [-0.3, -0.25) is 4.98 Å². The molecular weight excluding hydrogens is 264 g/mol. The molecule has 1 aromatic heterocycles. The molecule has 0 aliphatic heterocycles. The van der Waals surface area contributed by atoms with Crippen LogP contribution in [0.5, 0.6) is 0 Å². The molecule has 0 fully saturated rings. The second-order valence-electron chi connectivity index (χ2n) is 5.76. The van der Waals surface area contributed by atoms with Gasteiger partial charge in [-0.15, -0.1) is 0 Å². The molecule has 4 nitrogen and oxygen atoms in total. The third-order valence-corrected chi connectivity index (χ3v) is 3.50. The molecule has 0 radical (unpaired) electrons. The minimum Gasteiger partial charge on any atom is -0.633 e. The standard InChI is InChI=1S/C17H22N2O2/c1-17(15-9-5-4-6-10-15,16-11-7-8-12-18-16)21-14-13-19(2,3)20/h4-12H,13-14H2,1-3H3. The fourth-order valence-electron chi connectivity index (χ4n) is 2.18. The number of ether oxygens (including phenoxy) is 1. The molecule has 1 atom stereocenters. The maximum absolute atomic E-state index is 11.7. The van der Waals surface area contributed by atoms with Crippen molar-refractivity contribution in [3.8, 4) is 0 Å². The minimum atomic E-state index is -0.655. The smallest absolute Gasteiger partial charge is 0.132 e. The van der Waals surface area contributed by atoms with Crippen LogP contribution in [-0.4, -0.2) is 36.9 Å². The zero-order valence-corrected chi connectivity index (χ0v) is 12.8. The van der Waals surface area contributed by atoms with Crippen LogP contribution in [0.25, 0.3) is 0 Å². The number of hydrogen-bond donors (Lipinski definition) is 0. The van der Waals surface area contributed by atoms with E-state index in [1.54, 1.807) is 20.3 Å². The maximum atomic E-state index is 11.7. The third-order valence-electron chi connectivity index (χ3n) is 3.50. The second kappa shape index (κ2) is 6.35. The van der Waals surface area contributed by atoms with Gasteiger partial charge in [0.1, 0.15) is 12.1 Å². The van der Waals surface area contributed by atoms with Crippen molar-refractivity contribution in [2.75, 3.05) is 27.2 Å². The van der Waals surface area contributed by atoms with Crippen LogP contribution in [-0.2, 0) is 10.3 Å². The van der Waals surface area contributed by atoms with Gasteiger partial charge in [0, 0.05) is 6.20 Å². The van der Waals surface area contributed by atoms with Crippen molar-refractivity contribution in [3.63, 3.8) is 0 Å². The molecule has 0 aliphatic carbocycles. The molecule has 1 unspecified atom stereocenters. The molecule has 0 saturated carbocycles. The highest BCUT2D eigenvalue weighted by molar-refractivity contribution is 5.31. The van der Waals surface area contributed by atoms with Crippen LogP contribution in [0.15, 0.2) is 54.7 Å². The number of likely N-dealkylation sites (N-methyl/N-ethyl adjacent to an activating group) is 1. The highest BCUT2D eigenvalue weighted by Gasteiger charge is 2.31. The molecule has 0 aliphatic rings. The summed E-state index contributed by atoms with van der Waals surface area (Å²) in [7, 11) is 3.23. The first kappa shape index (κ1) is 15.6. The molecule has 0 amide bonds. The summed E-state index contributed by atoms with van der Waals surface area (Å²) in [5, 5.41) is 11.7. The van der Waals surface area contributed by atoms with E-state index >= 15 is 0 Å². The fraction of sp³-hybridized carbons (Fsp3) is 0.353. The van der Waals surface area contributed by atoms with Crippen molar-refractivity contribution in [1.82, 2.24) is 4.98 Å². The highest BCUT2D eigenvalue weighted by atomic mass is 16.6. The second-order valence-corrected chi connectivity index (χ2v) is 5.76. The van der Waals surface area contributed by atoms with Crippen molar-refractivity contribution < 1.29 is 9.38 Å². The van der Waals surface area contributed by atoms with E-state index in [0.717, 1.165) is 11.3 Å². The maximum Gasteiger partial charge on any atom is 0.132 e. The number of rotatable bonds is 6. The van der Waals surface area contributed by atoms with Gasteiger partial charge in [-0.1, -0.05) is 36.4 Å². The number of pyridine rings is 1. The SMILES string of the molecule is CC(OCC[N+](C)(C)[O-])(c1ccccc1)c1ccccn1. The molecule has 4 heteroatoms. The molecule has 1 aromatic carbocycles. The van der Waals surface area contributed by atoms with Crippen LogP contribution in [0.4, 0.5) is 0 Å². The van der Waals surface area contributed by atoms with Gasteiger partial charge in [-0.05, 0) is 24.6 Å². The largest absolute Gasteiger partial charge is 0.633 e. The molecule has 112 valence electrons. The normalized spacial score (nSPS) is 14.7. The predicted molar refractivity (Wildman–Crippen MR) is 83.4 cm³/mol. The van der Waals surface area contributed by atoms with E-state index in [1.165, 1.54) is 0 Å². The van der Waals surface area contributed by atoms with Crippen molar-refractivity contribution in [2.45, 2.75) is 12.5 Å². The predicted octanol–water partition coefficient (Wildman–Crippen LogP) is 2.94. The Balaban J connectivity index is 2.27. The Morgan fingerprint density at radius 3 is 2.33 bits per heavy atom. The van der Waals surface area contributed by atoms with E-state index in [1.807, 2.05) is 55.5 Å². The summed E-state index contributed by atoms with van der Waals surface area (Å²) in [6.45, 7) is 2.77. The van der Waals surface area contributed by atoms with E-state index < -0.39 is 5.60 Å². The summed E-state index contributed by atoms with van der Waals surface area (Å²) >= 11 is 0. The van der Waals surface area contributed by atoms with Gasteiger partial charge >= 0.3 is 0 Å².